The Bertz CT molecular complexity index is 1190. The lowest BCUT2D eigenvalue weighted by Gasteiger charge is -2.19. The molecule has 0 fully saturated rings. The lowest BCUT2D eigenvalue weighted by molar-refractivity contribution is -0.123. The van der Waals surface area contributed by atoms with E-state index in [1.165, 1.54) is 0 Å². The Labute approximate surface area is 181 Å². The molecule has 4 rings (SSSR count). The predicted octanol–water partition coefficient (Wildman–Crippen LogP) is 5.50. The number of carbonyl (C=O) groups excluding carboxylic acids is 1. The smallest absolute Gasteiger partial charge is 0.258 e. The van der Waals surface area contributed by atoms with Crippen LogP contribution in [0, 0.1) is 0 Å². The van der Waals surface area contributed by atoms with E-state index in [0.29, 0.717) is 11.3 Å². The maximum Gasteiger partial charge on any atom is 0.258 e. The molecule has 4 aromatic carbocycles. The molecule has 0 aliphatic rings. The number of phenols is 1. The minimum absolute atomic E-state index is 0.120. The average Bonchev–Trinajstić information content (AvgIpc) is 2.82. The first-order valence-corrected chi connectivity index (χ1v) is 10.1. The molecular formula is C27H23NO3. The number of para-hydroxylation sites is 1. The van der Waals surface area contributed by atoms with Crippen molar-refractivity contribution in [2.45, 2.75) is 6.04 Å². The number of benzene rings is 4. The van der Waals surface area contributed by atoms with Crippen molar-refractivity contribution < 1.29 is 14.6 Å². The summed E-state index contributed by atoms with van der Waals surface area (Å²) < 4.78 is 5.59. The van der Waals surface area contributed by atoms with Gasteiger partial charge in [0, 0.05) is 5.56 Å². The molecule has 0 saturated carbocycles. The highest BCUT2D eigenvalue weighted by Crippen LogP contribution is 2.33. The van der Waals surface area contributed by atoms with Gasteiger partial charge in [0.2, 0.25) is 0 Å². The first-order valence-electron chi connectivity index (χ1n) is 10.1. The van der Waals surface area contributed by atoms with Gasteiger partial charge in [0.15, 0.2) is 6.61 Å². The van der Waals surface area contributed by atoms with Crippen LogP contribution in [-0.2, 0) is 4.79 Å². The van der Waals surface area contributed by atoms with Crippen LogP contribution in [0.25, 0.3) is 16.8 Å². The maximum absolute atomic E-state index is 12.7. The highest BCUT2D eigenvalue weighted by molar-refractivity contribution is 5.89. The average molecular weight is 409 g/mol. The monoisotopic (exact) mass is 409 g/mol. The first-order chi connectivity index (χ1) is 15.2. The second kappa shape index (κ2) is 9.63. The number of aromatic hydroxyl groups is 1. The van der Waals surface area contributed by atoms with E-state index in [1.54, 1.807) is 18.2 Å². The van der Waals surface area contributed by atoms with E-state index in [4.69, 9.17) is 4.74 Å². The van der Waals surface area contributed by atoms with Crippen molar-refractivity contribution in [2.75, 3.05) is 6.61 Å². The van der Waals surface area contributed by atoms with E-state index in [-0.39, 0.29) is 18.3 Å². The quantitative estimate of drug-likeness (QED) is 0.424. The van der Waals surface area contributed by atoms with Gasteiger partial charge >= 0.3 is 0 Å². The minimum atomic E-state index is -0.529. The largest absolute Gasteiger partial charge is 0.508 e. The second-order valence-corrected chi connectivity index (χ2v) is 7.14. The fraction of sp³-hybridized carbons (Fsp3) is 0.0741. The molecule has 0 spiro atoms. The summed E-state index contributed by atoms with van der Waals surface area (Å²) in [4.78, 5) is 12.7. The molecule has 0 saturated heterocycles. The number of ether oxygens (including phenoxy) is 1. The minimum Gasteiger partial charge on any atom is -0.508 e. The van der Waals surface area contributed by atoms with E-state index in [0.717, 1.165) is 16.3 Å². The van der Waals surface area contributed by atoms with Crippen LogP contribution in [0.2, 0.25) is 0 Å². The van der Waals surface area contributed by atoms with Gasteiger partial charge in [-0.1, -0.05) is 91.0 Å². The standard InChI is InChI=1S/C27H23NO3/c29-25-18-16-21-11-7-8-14-23(21)27(25)24(17-15-20-9-3-1-4-10-20)28-26(30)19-31-22-12-5-2-6-13-22/h1-18,24,29H,19H2,(H,28,30)/b17-15+. The van der Waals surface area contributed by atoms with Gasteiger partial charge in [-0.3, -0.25) is 4.79 Å². The van der Waals surface area contributed by atoms with E-state index in [1.807, 2.05) is 91.0 Å². The van der Waals surface area contributed by atoms with E-state index >= 15 is 0 Å². The van der Waals surface area contributed by atoms with Crippen LogP contribution in [0.3, 0.4) is 0 Å². The number of rotatable bonds is 7. The van der Waals surface area contributed by atoms with Crippen molar-refractivity contribution in [2.24, 2.45) is 0 Å². The van der Waals surface area contributed by atoms with Gasteiger partial charge in [0.1, 0.15) is 11.5 Å². The van der Waals surface area contributed by atoms with Gasteiger partial charge in [0.05, 0.1) is 6.04 Å². The maximum atomic E-state index is 12.7. The molecule has 0 aliphatic heterocycles. The molecule has 0 aliphatic carbocycles. The number of amides is 1. The Hall–Kier alpha value is -4.05. The topological polar surface area (TPSA) is 58.6 Å². The lowest BCUT2D eigenvalue weighted by Crippen LogP contribution is -2.32. The number of hydrogen-bond donors (Lipinski definition) is 2. The predicted molar refractivity (Wildman–Crippen MR) is 124 cm³/mol. The molecule has 4 aromatic rings. The van der Waals surface area contributed by atoms with Crippen molar-refractivity contribution in [1.82, 2.24) is 5.32 Å². The molecule has 4 nitrogen and oxygen atoms in total. The molecule has 0 aromatic heterocycles. The Morgan fingerprint density at radius 2 is 1.55 bits per heavy atom. The number of nitrogens with one attached hydrogen (secondary N) is 1. The molecule has 1 atom stereocenters. The molecule has 2 N–H and O–H groups in total. The summed E-state index contributed by atoms with van der Waals surface area (Å²) in [6.07, 6.45) is 3.82. The second-order valence-electron chi connectivity index (χ2n) is 7.14. The Balaban J connectivity index is 1.63. The molecule has 1 amide bonds. The summed E-state index contributed by atoms with van der Waals surface area (Å²) in [6.45, 7) is -0.120. The third-order valence-corrected chi connectivity index (χ3v) is 4.97. The molecule has 0 heterocycles. The molecular weight excluding hydrogens is 386 g/mol. The Morgan fingerprint density at radius 3 is 2.32 bits per heavy atom. The number of fused-ring (bicyclic) bond motifs is 1. The molecule has 4 heteroatoms. The molecule has 31 heavy (non-hydrogen) atoms. The Kier molecular flexibility index (Phi) is 6.29. The van der Waals surface area contributed by atoms with Gasteiger partial charge in [-0.25, -0.2) is 0 Å². The van der Waals surface area contributed by atoms with Crippen LogP contribution in [0.15, 0.2) is 103 Å². The first kappa shape index (κ1) is 20.2. The summed E-state index contributed by atoms with van der Waals surface area (Å²) >= 11 is 0. The van der Waals surface area contributed by atoms with Gasteiger partial charge in [0.25, 0.3) is 5.91 Å². The van der Waals surface area contributed by atoms with Crippen LogP contribution in [0.1, 0.15) is 17.2 Å². The zero-order valence-corrected chi connectivity index (χ0v) is 16.9. The van der Waals surface area contributed by atoms with Crippen molar-refractivity contribution in [1.29, 1.82) is 0 Å². The van der Waals surface area contributed by atoms with Crippen LogP contribution < -0.4 is 10.1 Å². The number of hydrogen-bond acceptors (Lipinski definition) is 3. The van der Waals surface area contributed by atoms with Gasteiger partial charge in [-0.15, -0.1) is 0 Å². The summed E-state index contributed by atoms with van der Waals surface area (Å²) in [6, 6.07) is 29.8. The van der Waals surface area contributed by atoms with Gasteiger partial charge < -0.3 is 15.2 Å². The van der Waals surface area contributed by atoms with Crippen LogP contribution >= 0.6 is 0 Å². The van der Waals surface area contributed by atoms with Gasteiger partial charge in [-0.05, 0) is 34.5 Å². The van der Waals surface area contributed by atoms with E-state index in [9.17, 15) is 9.90 Å². The number of phenolic OH excluding ortho intramolecular Hbond substituents is 1. The summed E-state index contributed by atoms with van der Waals surface area (Å²) in [7, 11) is 0. The highest BCUT2D eigenvalue weighted by atomic mass is 16.5. The molecule has 0 bridgehead atoms. The fourth-order valence-corrected chi connectivity index (χ4v) is 3.48. The van der Waals surface area contributed by atoms with Crippen molar-refractivity contribution in [3.63, 3.8) is 0 Å². The highest BCUT2D eigenvalue weighted by Gasteiger charge is 2.19. The SMILES string of the molecule is O=C(COc1ccccc1)NC(/C=C/c1ccccc1)c1c(O)ccc2ccccc12. The number of carbonyl (C=O) groups is 1. The third kappa shape index (κ3) is 5.11. The van der Waals surface area contributed by atoms with Crippen molar-refractivity contribution in [3.8, 4) is 11.5 Å². The van der Waals surface area contributed by atoms with E-state index < -0.39 is 6.04 Å². The van der Waals surface area contributed by atoms with Crippen molar-refractivity contribution in [3.05, 3.63) is 114 Å². The summed E-state index contributed by atoms with van der Waals surface area (Å²) in [5.41, 5.74) is 1.65. The zero-order chi connectivity index (χ0) is 21.5. The third-order valence-electron chi connectivity index (χ3n) is 4.97. The van der Waals surface area contributed by atoms with Gasteiger partial charge in [-0.2, -0.15) is 0 Å². The van der Waals surface area contributed by atoms with Crippen LogP contribution in [0.4, 0.5) is 0 Å². The molecule has 0 radical (unpaired) electrons. The van der Waals surface area contributed by atoms with Crippen LogP contribution in [-0.4, -0.2) is 17.6 Å². The molecule has 1 unspecified atom stereocenters. The normalized spacial score (nSPS) is 12.0. The Morgan fingerprint density at radius 1 is 0.871 bits per heavy atom. The lowest BCUT2D eigenvalue weighted by atomic mass is 9.96. The summed E-state index contributed by atoms with van der Waals surface area (Å²) in [5.74, 6) is 0.478. The molecule has 154 valence electrons. The van der Waals surface area contributed by atoms with Crippen molar-refractivity contribution >= 4 is 22.8 Å². The van der Waals surface area contributed by atoms with Crippen LogP contribution in [0.5, 0.6) is 11.5 Å². The summed E-state index contributed by atoms with van der Waals surface area (Å²) in [5, 5.41) is 15.5. The van der Waals surface area contributed by atoms with E-state index in [2.05, 4.69) is 5.32 Å². The zero-order valence-electron chi connectivity index (χ0n) is 16.9. The fourth-order valence-electron chi connectivity index (χ4n) is 3.48.